The van der Waals surface area contributed by atoms with Gasteiger partial charge in [0.05, 0.1) is 0 Å². The third-order valence-corrected chi connectivity index (χ3v) is 8.20. The second-order valence-electron chi connectivity index (χ2n) is 10.2. The highest BCUT2D eigenvalue weighted by Gasteiger charge is 2.49. The van der Waals surface area contributed by atoms with E-state index in [0.717, 1.165) is 30.4 Å². The van der Waals surface area contributed by atoms with Crippen molar-refractivity contribution in [3.05, 3.63) is 59.7 Å². The van der Waals surface area contributed by atoms with Crippen molar-refractivity contribution in [2.24, 2.45) is 11.8 Å². The van der Waals surface area contributed by atoms with Gasteiger partial charge in [0.15, 0.2) is 0 Å². The number of nitrogens with one attached hydrogen (secondary N) is 1. The van der Waals surface area contributed by atoms with E-state index in [1.807, 2.05) is 24.3 Å². The van der Waals surface area contributed by atoms with E-state index in [9.17, 15) is 19.5 Å². The fourth-order valence-electron chi connectivity index (χ4n) is 6.21. The van der Waals surface area contributed by atoms with E-state index >= 15 is 0 Å². The largest absolute Gasteiger partial charge is 0.480 e. The summed E-state index contributed by atoms with van der Waals surface area (Å²) < 4.78 is 5.64. The standard InChI is InChI=1S/C28H32N2O5/c1-28(26(32)33)14-7-15-30(28)25(31)19-13-6-8-18(19)16-29-27(34)35-17-24-22-11-4-2-9-20(22)21-10-3-5-12-23(21)24/h2-5,9-12,18-19,24H,6-8,13-17H2,1H3,(H,29,34)(H,32,33). The molecule has 1 heterocycles. The molecule has 2 N–H and O–H groups in total. The molecule has 3 atom stereocenters. The molecule has 3 aliphatic rings. The number of likely N-dealkylation sites (tertiary alicyclic amines) is 1. The van der Waals surface area contributed by atoms with Crippen molar-refractivity contribution in [2.75, 3.05) is 19.7 Å². The van der Waals surface area contributed by atoms with Gasteiger partial charge in [0.2, 0.25) is 5.91 Å². The Bertz CT molecular complexity index is 1100. The Kier molecular flexibility index (Phi) is 6.26. The van der Waals surface area contributed by atoms with E-state index in [2.05, 4.69) is 29.6 Å². The topological polar surface area (TPSA) is 95.9 Å². The summed E-state index contributed by atoms with van der Waals surface area (Å²) in [6.45, 7) is 2.71. The quantitative estimate of drug-likeness (QED) is 0.644. The van der Waals surface area contributed by atoms with Crippen molar-refractivity contribution in [2.45, 2.75) is 50.5 Å². The fraction of sp³-hybridized carbons (Fsp3) is 0.464. The van der Waals surface area contributed by atoms with Crippen LogP contribution in [0.5, 0.6) is 0 Å². The third kappa shape index (κ3) is 4.17. The van der Waals surface area contributed by atoms with Gasteiger partial charge in [-0.1, -0.05) is 55.0 Å². The monoisotopic (exact) mass is 476 g/mol. The maximum Gasteiger partial charge on any atom is 0.407 e. The second kappa shape index (κ2) is 9.36. The molecule has 0 bridgehead atoms. The van der Waals surface area contributed by atoms with Crippen LogP contribution >= 0.6 is 0 Å². The van der Waals surface area contributed by atoms with Crippen LogP contribution in [0.15, 0.2) is 48.5 Å². The van der Waals surface area contributed by atoms with Crippen LogP contribution in [-0.4, -0.2) is 53.2 Å². The molecule has 7 nitrogen and oxygen atoms in total. The number of hydrogen-bond donors (Lipinski definition) is 2. The zero-order valence-electron chi connectivity index (χ0n) is 20.0. The van der Waals surface area contributed by atoms with Crippen LogP contribution in [0.4, 0.5) is 4.79 Å². The molecule has 2 fully saturated rings. The Morgan fingerprint density at radius 3 is 2.34 bits per heavy atom. The lowest BCUT2D eigenvalue weighted by atomic mass is 9.92. The number of carboxylic acid groups (broad SMARTS) is 1. The van der Waals surface area contributed by atoms with Gasteiger partial charge in [0, 0.05) is 24.9 Å². The normalized spacial score (nSPS) is 25.2. The highest BCUT2D eigenvalue weighted by atomic mass is 16.5. The summed E-state index contributed by atoms with van der Waals surface area (Å²) in [7, 11) is 0. The Morgan fingerprint density at radius 1 is 1.03 bits per heavy atom. The van der Waals surface area contributed by atoms with Crippen molar-refractivity contribution in [3.63, 3.8) is 0 Å². The van der Waals surface area contributed by atoms with Gasteiger partial charge in [0.1, 0.15) is 12.1 Å². The molecule has 2 aromatic carbocycles. The summed E-state index contributed by atoms with van der Waals surface area (Å²) in [6, 6.07) is 16.4. The number of rotatable bonds is 6. The minimum Gasteiger partial charge on any atom is -0.480 e. The molecule has 5 rings (SSSR count). The molecule has 7 heteroatoms. The van der Waals surface area contributed by atoms with Gasteiger partial charge in [-0.15, -0.1) is 0 Å². The lowest BCUT2D eigenvalue weighted by Crippen LogP contribution is -2.53. The number of carbonyl (C=O) groups is 3. The first-order valence-electron chi connectivity index (χ1n) is 12.5. The molecule has 0 aromatic heterocycles. The lowest BCUT2D eigenvalue weighted by Gasteiger charge is -2.34. The van der Waals surface area contributed by atoms with Crippen LogP contribution in [-0.2, 0) is 14.3 Å². The van der Waals surface area contributed by atoms with Gasteiger partial charge in [-0.3, -0.25) is 4.79 Å². The fourth-order valence-corrected chi connectivity index (χ4v) is 6.21. The highest BCUT2D eigenvalue weighted by molar-refractivity contribution is 5.89. The molecule has 184 valence electrons. The number of alkyl carbamates (subject to hydrolysis) is 1. The van der Waals surface area contributed by atoms with E-state index in [-0.39, 0.29) is 30.3 Å². The first-order chi connectivity index (χ1) is 16.9. The summed E-state index contributed by atoms with van der Waals surface area (Å²) >= 11 is 0. The number of aliphatic carboxylic acids is 1. The Labute approximate surface area is 205 Å². The van der Waals surface area contributed by atoms with E-state index in [0.29, 0.717) is 25.9 Å². The van der Waals surface area contributed by atoms with Crippen molar-refractivity contribution in [3.8, 4) is 11.1 Å². The number of ether oxygens (including phenoxy) is 1. The first kappa shape index (κ1) is 23.4. The van der Waals surface area contributed by atoms with Gasteiger partial charge >= 0.3 is 12.1 Å². The Hall–Kier alpha value is -3.35. The average molecular weight is 477 g/mol. The molecule has 2 aliphatic carbocycles. The van der Waals surface area contributed by atoms with Crippen molar-refractivity contribution < 1.29 is 24.2 Å². The summed E-state index contributed by atoms with van der Waals surface area (Å²) in [5, 5.41) is 12.5. The molecule has 35 heavy (non-hydrogen) atoms. The number of fused-ring (bicyclic) bond motifs is 3. The molecule has 2 amide bonds. The summed E-state index contributed by atoms with van der Waals surface area (Å²) in [6.07, 6.45) is 3.14. The molecule has 0 radical (unpaired) electrons. The summed E-state index contributed by atoms with van der Waals surface area (Å²) in [5.74, 6) is -1.32. The minimum absolute atomic E-state index is 0.00202. The van der Waals surface area contributed by atoms with Crippen LogP contribution < -0.4 is 5.32 Å². The zero-order chi connectivity index (χ0) is 24.6. The van der Waals surface area contributed by atoms with Crippen molar-refractivity contribution in [1.29, 1.82) is 0 Å². The third-order valence-electron chi connectivity index (χ3n) is 8.20. The number of hydrogen-bond acceptors (Lipinski definition) is 4. The Morgan fingerprint density at radius 2 is 1.69 bits per heavy atom. The van der Waals surface area contributed by atoms with Gasteiger partial charge < -0.3 is 20.1 Å². The summed E-state index contributed by atoms with van der Waals surface area (Å²) in [4.78, 5) is 39.2. The van der Waals surface area contributed by atoms with Gasteiger partial charge in [-0.05, 0) is 60.8 Å². The predicted octanol–water partition coefficient (Wildman–Crippen LogP) is 4.41. The smallest absolute Gasteiger partial charge is 0.407 e. The van der Waals surface area contributed by atoms with Crippen LogP contribution in [0, 0.1) is 11.8 Å². The lowest BCUT2D eigenvalue weighted by molar-refractivity contribution is -0.157. The minimum atomic E-state index is -1.13. The Balaban J connectivity index is 1.18. The van der Waals surface area contributed by atoms with Crippen molar-refractivity contribution >= 4 is 18.0 Å². The molecule has 1 aliphatic heterocycles. The van der Waals surface area contributed by atoms with Gasteiger partial charge in [-0.2, -0.15) is 0 Å². The zero-order valence-corrected chi connectivity index (χ0v) is 20.0. The number of benzene rings is 2. The molecule has 1 saturated heterocycles. The molecule has 1 saturated carbocycles. The van der Waals surface area contributed by atoms with Crippen LogP contribution in [0.2, 0.25) is 0 Å². The van der Waals surface area contributed by atoms with Crippen LogP contribution in [0.1, 0.15) is 56.1 Å². The van der Waals surface area contributed by atoms with Crippen molar-refractivity contribution in [1.82, 2.24) is 10.2 Å². The number of amides is 2. The van der Waals surface area contributed by atoms with E-state index in [4.69, 9.17) is 4.74 Å². The molecular weight excluding hydrogens is 444 g/mol. The number of nitrogens with zero attached hydrogens (tertiary/aromatic N) is 1. The molecular formula is C28H32N2O5. The van der Waals surface area contributed by atoms with E-state index < -0.39 is 17.6 Å². The highest BCUT2D eigenvalue weighted by Crippen LogP contribution is 2.44. The maximum atomic E-state index is 13.3. The first-order valence-corrected chi connectivity index (χ1v) is 12.5. The van der Waals surface area contributed by atoms with Gasteiger partial charge in [-0.25, -0.2) is 9.59 Å². The van der Waals surface area contributed by atoms with E-state index in [1.165, 1.54) is 11.1 Å². The average Bonchev–Trinajstić information content (AvgIpc) is 3.57. The van der Waals surface area contributed by atoms with E-state index in [1.54, 1.807) is 11.8 Å². The predicted molar refractivity (Wildman–Crippen MR) is 131 cm³/mol. The molecule has 3 unspecified atom stereocenters. The number of carbonyl (C=O) groups excluding carboxylic acids is 2. The number of carboxylic acids is 1. The molecule has 0 spiro atoms. The SMILES string of the molecule is CC1(C(=O)O)CCCN1C(=O)C1CCCC1CNC(=O)OCC1c2ccccc2-c2ccccc21. The molecule has 2 aromatic rings. The summed E-state index contributed by atoms with van der Waals surface area (Å²) in [5.41, 5.74) is 3.55. The maximum absolute atomic E-state index is 13.3. The second-order valence-corrected chi connectivity index (χ2v) is 10.2. The van der Waals surface area contributed by atoms with Crippen LogP contribution in [0.3, 0.4) is 0 Å². The van der Waals surface area contributed by atoms with Crippen LogP contribution in [0.25, 0.3) is 11.1 Å². The van der Waals surface area contributed by atoms with Gasteiger partial charge in [0.25, 0.3) is 0 Å².